The van der Waals surface area contributed by atoms with Crippen LogP contribution in [-0.4, -0.2) is 26.9 Å². The summed E-state index contributed by atoms with van der Waals surface area (Å²) < 4.78 is 22.7. The highest BCUT2D eigenvalue weighted by Crippen LogP contribution is 2.07. The lowest BCUT2D eigenvalue weighted by Gasteiger charge is -2.08. The first-order chi connectivity index (χ1) is 4.29. The molecule has 1 aliphatic rings. The molecule has 0 spiro atoms. The quantitative estimate of drug-likeness (QED) is 0.571. The summed E-state index contributed by atoms with van der Waals surface area (Å²) in [5.41, 5.74) is 0. The first-order valence-electron chi connectivity index (χ1n) is 2.83. The lowest BCUT2D eigenvalue weighted by molar-refractivity contribution is -0.0285. The molecule has 0 aromatic carbocycles. The number of nitrogens with zero attached hydrogens (tertiary/aromatic N) is 1. The molecule has 0 aliphatic carbocycles. The lowest BCUT2D eigenvalue weighted by atomic mass is 10.4. The first-order valence-corrected chi connectivity index (χ1v) is 3.86. The summed E-state index contributed by atoms with van der Waals surface area (Å²) in [5, 5.41) is 1.51. The molecule has 1 heterocycles. The fourth-order valence-electron chi connectivity index (χ4n) is 0.853. The molecule has 4 nitrogen and oxygen atoms in total. The van der Waals surface area contributed by atoms with Crippen molar-refractivity contribution in [2.24, 2.45) is 0 Å². The van der Waals surface area contributed by atoms with Crippen LogP contribution in [-0.2, 0) is 15.6 Å². The third-order valence-electron chi connectivity index (χ3n) is 1.23. The summed E-state index contributed by atoms with van der Waals surface area (Å²) in [7, 11) is 0. The van der Waals surface area contributed by atoms with Crippen LogP contribution in [0.4, 0.5) is 0 Å². The average molecular weight is 151 g/mol. The Balaban J connectivity index is 2.19. The second-order valence-electron chi connectivity index (χ2n) is 1.93. The smallest absolute Gasteiger partial charge is 0.283 e. The van der Waals surface area contributed by atoms with Crippen molar-refractivity contribution in [3.8, 4) is 0 Å². The Morgan fingerprint density at radius 3 is 2.44 bits per heavy atom. The molecule has 1 atom stereocenters. The molecule has 0 radical (unpaired) electrons. The maximum Gasteiger partial charge on any atom is 0.319 e. The first kappa shape index (κ1) is 7.14. The molecule has 1 fully saturated rings. The predicted octanol–water partition coefficient (Wildman–Crippen LogP) is 0.151. The van der Waals surface area contributed by atoms with Crippen molar-refractivity contribution in [2.45, 2.75) is 12.8 Å². The van der Waals surface area contributed by atoms with E-state index in [2.05, 4.69) is 4.28 Å². The van der Waals surface area contributed by atoms with Gasteiger partial charge in [-0.1, -0.05) is 0 Å². The van der Waals surface area contributed by atoms with E-state index in [0.29, 0.717) is 0 Å². The van der Waals surface area contributed by atoms with Gasteiger partial charge in [-0.05, 0) is 12.8 Å². The van der Waals surface area contributed by atoms with Crippen molar-refractivity contribution in [1.82, 2.24) is 5.06 Å². The molecule has 0 saturated carbocycles. The van der Waals surface area contributed by atoms with Crippen molar-refractivity contribution in [3.05, 3.63) is 0 Å². The molecular weight excluding hydrogens is 142 g/mol. The van der Waals surface area contributed by atoms with Gasteiger partial charge in [-0.3, -0.25) is 4.55 Å². The highest BCUT2D eigenvalue weighted by molar-refractivity contribution is 7.74. The highest BCUT2D eigenvalue weighted by atomic mass is 32.2. The molecule has 5 heteroatoms. The van der Waals surface area contributed by atoms with Gasteiger partial charge in [0.05, 0.1) is 0 Å². The van der Waals surface area contributed by atoms with E-state index in [1.165, 1.54) is 5.06 Å². The van der Waals surface area contributed by atoms with Gasteiger partial charge < -0.3 is 0 Å². The zero-order valence-electron chi connectivity index (χ0n) is 4.95. The van der Waals surface area contributed by atoms with Crippen molar-refractivity contribution in [2.75, 3.05) is 13.1 Å². The number of hydrogen-bond donors (Lipinski definition) is 1. The largest absolute Gasteiger partial charge is 0.319 e. The lowest BCUT2D eigenvalue weighted by Crippen LogP contribution is -2.20. The second kappa shape index (κ2) is 3.26. The highest BCUT2D eigenvalue weighted by Gasteiger charge is 2.13. The van der Waals surface area contributed by atoms with Gasteiger partial charge in [0.1, 0.15) is 0 Å². The topological polar surface area (TPSA) is 49.8 Å². The average Bonchev–Trinajstić information content (AvgIpc) is 2.15. The minimum absolute atomic E-state index is 0.770. The third-order valence-corrected chi connectivity index (χ3v) is 1.57. The summed E-state index contributed by atoms with van der Waals surface area (Å²) in [6, 6.07) is 0. The molecule has 1 unspecified atom stereocenters. The van der Waals surface area contributed by atoms with E-state index >= 15 is 0 Å². The molecule has 0 bridgehead atoms. The van der Waals surface area contributed by atoms with Gasteiger partial charge in [0, 0.05) is 13.1 Å². The van der Waals surface area contributed by atoms with Gasteiger partial charge in [0.15, 0.2) is 0 Å². The molecule has 0 amide bonds. The van der Waals surface area contributed by atoms with Crippen LogP contribution in [0.5, 0.6) is 0 Å². The molecule has 9 heavy (non-hydrogen) atoms. The van der Waals surface area contributed by atoms with Crippen molar-refractivity contribution >= 4 is 11.4 Å². The Labute approximate surface area is 56.2 Å². The van der Waals surface area contributed by atoms with Crippen molar-refractivity contribution in [1.29, 1.82) is 0 Å². The van der Waals surface area contributed by atoms with E-state index in [0.717, 1.165) is 25.9 Å². The third kappa shape index (κ3) is 2.40. The molecule has 1 saturated heterocycles. The fraction of sp³-hybridized carbons (Fsp3) is 1.00. The van der Waals surface area contributed by atoms with Crippen LogP contribution < -0.4 is 0 Å². The fourth-order valence-corrected chi connectivity index (χ4v) is 1.18. The van der Waals surface area contributed by atoms with Gasteiger partial charge in [-0.2, -0.15) is 13.6 Å². The van der Waals surface area contributed by atoms with Crippen LogP contribution in [0, 0.1) is 0 Å². The van der Waals surface area contributed by atoms with E-state index in [1.54, 1.807) is 0 Å². The maximum atomic E-state index is 10.0. The van der Waals surface area contributed by atoms with Crippen molar-refractivity contribution < 1.29 is 13.0 Å². The van der Waals surface area contributed by atoms with Gasteiger partial charge in [-0.15, -0.1) is 0 Å². The van der Waals surface area contributed by atoms with E-state index in [1.807, 2.05) is 0 Å². The molecular formula is C4H9NO3S. The summed E-state index contributed by atoms with van der Waals surface area (Å²) in [4.78, 5) is 0. The van der Waals surface area contributed by atoms with Crippen LogP contribution in [0.3, 0.4) is 0 Å². The Morgan fingerprint density at radius 2 is 2.00 bits per heavy atom. The maximum absolute atomic E-state index is 10.0. The normalized spacial score (nSPS) is 24.6. The number of hydrogen-bond acceptors (Lipinski definition) is 3. The molecule has 1 aliphatic heterocycles. The minimum atomic E-state index is -2.13. The summed E-state index contributed by atoms with van der Waals surface area (Å²) in [6.07, 6.45) is 2.11. The molecule has 1 rings (SSSR count). The molecule has 0 aromatic rings. The summed E-state index contributed by atoms with van der Waals surface area (Å²) in [5.74, 6) is 0. The Morgan fingerprint density at radius 1 is 1.44 bits per heavy atom. The van der Waals surface area contributed by atoms with Gasteiger partial charge in [-0.25, -0.2) is 0 Å². The summed E-state index contributed by atoms with van der Waals surface area (Å²) >= 11 is -2.13. The second-order valence-corrected chi connectivity index (χ2v) is 2.51. The Hall–Kier alpha value is 0.0300. The Kier molecular flexibility index (Phi) is 2.59. The van der Waals surface area contributed by atoms with Crippen molar-refractivity contribution in [3.63, 3.8) is 0 Å². The van der Waals surface area contributed by atoms with Crippen LogP contribution in [0.15, 0.2) is 0 Å². The predicted molar refractivity (Wildman–Crippen MR) is 32.7 cm³/mol. The van der Waals surface area contributed by atoms with Crippen LogP contribution in [0.1, 0.15) is 12.8 Å². The van der Waals surface area contributed by atoms with E-state index in [9.17, 15) is 4.21 Å². The van der Waals surface area contributed by atoms with Crippen LogP contribution in [0.2, 0.25) is 0 Å². The SMILES string of the molecule is O=S(O)ON1CCCC1. The number of rotatable bonds is 2. The van der Waals surface area contributed by atoms with Crippen LogP contribution in [0.25, 0.3) is 0 Å². The van der Waals surface area contributed by atoms with E-state index in [4.69, 9.17) is 4.55 Å². The van der Waals surface area contributed by atoms with Crippen LogP contribution >= 0.6 is 0 Å². The van der Waals surface area contributed by atoms with Gasteiger partial charge in [0.25, 0.3) is 0 Å². The van der Waals surface area contributed by atoms with Gasteiger partial charge in [0.2, 0.25) is 0 Å². The molecule has 0 aromatic heterocycles. The van der Waals surface area contributed by atoms with Gasteiger partial charge >= 0.3 is 11.4 Å². The van der Waals surface area contributed by atoms with E-state index in [-0.39, 0.29) is 0 Å². The Bertz CT molecular complexity index is 112. The number of hydroxylamine groups is 2. The zero-order valence-corrected chi connectivity index (χ0v) is 5.76. The standard InChI is InChI=1S/C4H9NO3S/c6-9(7)8-5-3-1-2-4-5/h1-4H2,(H,6,7). The summed E-state index contributed by atoms with van der Waals surface area (Å²) in [6.45, 7) is 1.54. The van der Waals surface area contributed by atoms with E-state index < -0.39 is 11.4 Å². The zero-order chi connectivity index (χ0) is 6.69. The molecule has 54 valence electrons. The minimum Gasteiger partial charge on any atom is -0.283 e. The monoisotopic (exact) mass is 151 g/mol. The molecule has 1 N–H and O–H groups in total.